The molecule has 0 saturated carbocycles. The number of unbranched alkanes of at least 4 members (excludes halogenated alkanes) is 3. The van der Waals surface area contributed by atoms with Gasteiger partial charge in [0.2, 0.25) is 17.7 Å². The lowest BCUT2D eigenvalue weighted by Crippen LogP contribution is -2.29. The molecule has 0 radical (unpaired) electrons. The van der Waals surface area contributed by atoms with Crippen LogP contribution < -0.4 is 16.5 Å². The van der Waals surface area contributed by atoms with Gasteiger partial charge in [-0.3, -0.25) is 19.6 Å². The fraction of sp³-hybridized carbons (Fsp3) is 0.500. The third-order valence-electron chi connectivity index (χ3n) is 3.16. The summed E-state index contributed by atoms with van der Waals surface area (Å²) < 4.78 is 14.2. The molecule has 2 amide bonds. The normalized spacial score (nSPS) is 10.3. The number of carbonyl (C=O) groups excluding carboxylic acids is 3. The average Bonchev–Trinajstić information content (AvgIpc) is 2.53. The average molecular weight is 342 g/mol. The Morgan fingerprint density at radius 1 is 1.17 bits per heavy atom. The molecule has 24 heavy (non-hydrogen) atoms. The number of rotatable bonds is 8. The second-order valence-electron chi connectivity index (χ2n) is 5.11. The third kappa shape index (κ3) is 6.24. The maximum absolute atomic E-state index is 13.7. The molecular formula is C14H19FN4O5. The first kappa shape index (κ1) is 19.4. The van der Waals surface area contributed by atoms with Crippen LogP contribution in [0.3, 0.4) is 0 Å². The van der Waals surface area contributed by atoms with E-state index in [-0.39, 0.29) is 12.8 Å². The molecule has 0 saturated heterocycles. The third-order valence-corrected chi connectivity index (χ3v) is 3.16. The molecule has 10 heteroatoms. The minimum Gasteiger partial charge on any atom is -0.308 e. The summed E-state index contributed by atoms with van der Waals surface area (Å²) >= 11 is 0. The highest BCUT2D eigenvalue weighted by atomic mass is 19.1. The molecule has 1 aromatic rings. The lowest BCUT2D eigenvalue weighted by Gasteiger charge is -2.07. The summed E-state index contributed by atoms with van der Waals surface area (Å²) in [5.41, 5.74) is 0.557. The zero-order valence-corrected chi connectivity index (χ0v) is 13.2. The van der Waals surface area contributed by atoms with Crippen molar-refractivity contribution >= 4 is 23.5 Å². The zero-order chi connectivity index (χ0) is 18.1. The highest BCUT2D eigenvalue weighted by molar-refractivity contribution is 5.89. The van der Waals surface area contributed by atoms with Gasteiger partial charge in [0, 0.05) is 19.8 Å². The highest BCUT2D eigenvalue weighted by Gasteiger charge is 2.13. The van der Waals surface area contributed by atoms with Crippen LogP contribution in [0.1, 0.15) is 50.2 Å². The first-order valence-corrected chi connectivity index (χ1v) is 7.38. The Hall–Kier alpha value is -2.62. The smallest absolute Gasteiger partial charge is 0.308 e. The molecule has 0 aliphatic rings. The van der Waals surface area contributed by atoms with Crippen LogP contribution >= 0.6 is 0 Å². The summed E-state index contributed by atoms with van der Waals surface area (Å²) in [7, 11) is 0. The van der Waals surface area contributed by atoms with Gasteiger partial charge in [-0.15, -0.1) is 0 Å². The van der Waals surface area contributed by atoms with Crippen molar-refractivity contribution in [3.8, 4) is 0 Å². The van der Waals surface area contributed by atoms with Crippen LogP contribution in [0.15, 0.2) is 11.0 Å². The fourth-order valence-electron chi connectivity index (χ4n) is 1.92. The van der Waals surface area contributed by atoms with Crippen molar-refractivity contribution in [2.24, 2.45) is 0 Å². The maximum atomic E-state index is 13.7. The molecule has 0 fully saturated rings. The quantitative estimate of drug-likeness (QED) is 0.364. The van der Waals surface area contributed by atoms with Gasteiger partial charge in [-0.2, -0.15) is 4.98 Å². The molecule has 0 atom stereocenters. The fourth-order valence-corrected chi connectivity index (χ4v) is 1.92. The molecule has 1 heterocycles. The van der Waals surface area contributed by atoms with Gasteiger partial charge >= 0.3 is 5.69 Å². The molecule has 0 aliphatic heterocycles. The molecule has 3 N–H and O–H groups in total. The van der Waals surface area contributed by atoms with Gasteiger partial charge < -0.3 is 5.32 Å². The minimum atomic E-state index is -0.979. The van der Waals surface area contributed by atoms with Crippen molar-refractivity contribution in [1.82, 2.24) is 15.0 Å². The van der Waals surface area contributed by atoms with Crippen LogP contribution in [0.25, 0.3) is 0 Å². The van der Waals surface area contributed by atoms with E-state index in [1.807, 2.05) is 0 Å². The number of hydroxylamine groups is 1. The number of halogens is 1. The molecule has 0 unspecified atom stereocenters. The number of carbonyl (C=O) groups is 3. The van der Waals surface area contributed by atoms with E-state index in [4.69, 9.17) is 5.21 Å². The van der Waals surface area contributed by atoms with E-state index < -0.39 is 35.0 Å². The van der Waals surface area contributed by atoms with Crippen molar-refractivity contribution in [2.75, 3.05) is 5.32 Å². The van der Waals surface area contributed by atoms with Gasteiger partial charge in [0.1, 0.15) is 0 Å². The van der Waals surface area contributed by atoms with Crippen LogP contribution in [0.4, 0.5) is 10.2 Å². The molecule has 9 nitrogen and oxygen atoms in total. The van der Waals surface area contributed by atoms with Gasteiger partial charge in [0.15, 0.2) is 11.6 Å². The number of amides is 2. The van der Waals surface area contributed by atoms with E-state index in [2.05, 4.69) is 10.3 Å². The van der Waals surface area contributed by atoms with Crippen LogP contribution in [-0.4, -0.2) is 32.5 Å². The molecule has 0 aromatic carbocycles. The van der Waals surface area contributed by atoms with E-state index in [9.17, 15) is 23.6 Å². The second-order valence-corrected chi connectivity index (χ2v) is 5.11. The molecule has 0 aliphatic carbocycles. The monoisotopic (exact) mass is 342 g/mol. The zero-order valence-electron chi connectivity index (χ0n) is 13.2. The number of nitrogens with zero attached hydrogens (tertiary/aromatic N) is 2. The van der Waals surface area contributed by atoms with E-state index in [0.29, 0.717) is 36.4 Å². The van der Waals surface area contributed by atoms with Gasteiger partial charge in [-0.05, 0) is 12.8 Å². The molecule has 1 aromatic heterocycles. The Kier molecular flexibility index (Phi) is 7.69. The molecule has 0 spiro atoms. The second kappa shape index (κ2) is 9.50. The Morgan fingerprint density at radius 3 is 2.29 bits per heavy atom. The largest absolute Gasteiger partial charge is 0.356 e. The van der Waals surface area contributed by atoms with E-state index >= 15 is 0 Å². The Morgan fingerprint density at radius 2 is 1.75 bits per heavy atom. The summed E-state index contributed by atoms with van der Waals surface area (Å²) in [5, 5.41) is 10.5. The van der Waals surface area contributed by atoms with E-state index in [1.165, 1.54) is 5.48 Å². The maximum Gasteiger partial charge on any atom is 0.356 e. The number of aromatic nitrogens is 2. The SMILES string of the molecule is CC(=O)n1cc(F)c(NC(=O)CCCCCCC(=O)NO)nc1=O. The van der Waals surface area contributed by atoms with E-state index in [1.54, 1.807) is 0 Å². The lowest BCUT2D eigenvalue weighted by molar-refractivity contribution is -0.129. The Labute approximate surface area is 136 Å². The predicted octanol–water partition coefficient (Wildman–Crippen LogP) is 0.827. The number of anilines is 1. The topological polar surface area (TPSA) is 130 Å². The van der Waals surface area contributed by atoms with Gasteiger partial charge in [-0.25, -0.2) is 19.2 Å². The Balaban J connectivity index is 2.41. The van der Waals surface area contributed by atoms with Crippen molar-refractivity contribution in [2.45, 2.75) is 45.4 Å². The van der Waals surface area contributed by atoms with Crippen molar-refractivity contribution in [3.63, 3.8) is 0 Å². The van der Waals surface area contributed by atoms with Crippen molar-refractivity contribution in [1.29, 1.82) is 0 Å². The molecule has 0 bridgehead atoms. The van der Waals surface area contributed by atoms with Crippen LogP contribution in [0.2, 0.25) is 0 Å². The minimum absolute atomic E-state index is 0.100. The van der Waals surface area contributed by atoms with Crippen LogP contribution in [0.5, 0.6) is 0 Å². The standard InChI is InChI=1S/C14H19FN4O5/c1-9(20)19-8-10(15)13(17-14(19)23)16-11(21)6-4-2-3-5-7-12(22)18-24/h8,24H,2-7H2,1H3,(H,18,22)(H,16,17,21,23). The van der Waals surface area contributed by atoms with Gasteiger partial charge in [0.05, 0.1) is 6.20 Å². The number of nitrogens with one attached hydrogen (secondary N) is 2. The summed E-state index contributed by atoms with van der Waals surface area (Å²) in [6.45, 7) is 1.09. The summed E-state index contributed by atoms with van der Waals surface area (Å²) in [6, 6.07) is 0. The molecular weight excluding hydrogens is 323 g/mol. The summed E-state index contributed by atoms with van der Waals surface area (Å²) in [4.78, 5) is 48.3. The van der Waals surface area contributed by atoms with Gasteiger partial charge in [0.25, 0.3) is 0 Å². The van der Waals surface area contributed by atoms with Crippen LogP contribution in [0, 0.1) is 5.82 Å². The Bertz CT molecular complexity index is 674. The highest BCUT2D eigenvalue weighted by Crippen LogP contribution is 2.10. The molecule has 1 rings (SSSR count). The van der Waals surface area contributed by atoms with Gasteiger partial charge in [-0.1, -0.05) is 12.8 Å². The first-order valence-electron chi connectivity index (χ1n) is 7.38. The molecule has 132 valence electrons. The van der Waals surface area contributed by atoms with Crippen molar-refractivity contribution < 1.29 is 24.0 Å². The number of hydrogen-bond donors (Lipinski definition) is 3. The lowest BCUT2D eigenvalue weighted by atomic mass is 10.1. The first-order chi connectivity index (χ1) is 11.3. The number of hydrogen-bond acceptors (Lipinski definition) is 6. The van der Waals surface area contributed by atoms with Crippen molar-refractivity contribution in [3.05, 3.63) is 22.5 Å². The van der Waals surface area contributed by atoms with Crippen LogP contribution in [-0.2, 0) is 9.59 Å². The summed E-state index contributed by atoms with van der Waals surface area (Å²) in [6.07, 6.45) is 3.44. The summed E-state index contributed by atoms with van der Waals surface area (Å²) in [5.74, 6) is -3.14. The predicted molar refractivity (Wildman–Crippen MR) is 81.0 cm³/mol. The van der Waals surface area contributed by atoms with E-state index in [0.717, 1.165) is 6.92 Å².